The largest absolute Gasteiger partial charge is 0.497 e. The number of nitrogens with one attached hydrogen (secondary N) is 1. The summed E-state index contributed by atoms with van der Waals surface area (Å²) in [6.07, 6.45) is -3.66. The number of halogens is 3. The molecule has 0 radical (unpaired) electrons. The van der Waals surface area contributed by atoms with Crippen LogP contribution in [0.3, 0.4) is 0 Å². The summed E-state index contributed by atoms with van der Waals surface area (Å²) in [5.41, 5.74) is 2.22. The van der Waals surface area contributed by atoms with Gasteiger partial charge < -0.3 is 14.8 Å². The van der Waals surface area contributed by atoms with Gasteiger partial charge in [-0.1, -0.05) is 24.3 Å². The van der Waals surface area contributed by atoms with Crippen molar-refractivity contribution in [2.75, 3.05) is 13.7 Å². The monoisotopic (exact) mass is 512 g/mol. The van der Waals surface area contributed by atoms with Gasteiger partial charge in [-0.25, -0.2) is 4.98 Å². The van der Waals surface area contributed by atoms with Crippen LogP contribution in [0.5, 0.6) is 11.5 Å². The average Bonchev–Trinajstić information content (AvgIpc) is 3.38. The molecular formula is C27H23F3N2O3S. The van der Waals surface area contributed by atoms with Gasteiger partial charge in [-0.3, -0.25) is 4.79 Å². The molecule has 186 valence electrons. The van der Waals surface area contributed by atoms with E-state index in [9.17, 15) is 18.0 Å². The molecule has 0 spiro atoms. The minimum absolute atomic E-state index is 0.148. The fraction of sp³-hybridized carbons (Fsp3) is 0.185. The maximum atomic E-state index is 12.7. The number of thiazole rings is 1. The predicted molar refractivity (Wildman–Crippen MR) is 132 cm³/mol. The summed E-state index contributed by atoms with van der Waals surface area (Å²) in [4.78, 5) is 16.9. The van der Waals surface area contributed by atoms with Crippen molar-refractivity contribution >= 4 is 17.2 Å². The minimum Gasteiger partial charge on any atom is -0.497 e. The molecule has 5 nitrogen and oxygen atoms in total. The molecule has 0 saturated carbocycles. The number of methoxy groups -OCH3 is 1. The van der Waals surface area contributed by atoms with Gasteiger partial charge in [-0.15, -0.1) is 11.3 Å². The quantitative estimate of drug-likeness (QED) is 0.282. The lowest BCUT2D eigenvalue weighted by atomic mass is 10.1. The molecule has 0 fully saturated rings. The first-order valence-corrected chi connectivity index (χ1v) is 12.0. The lowest BCUT2D eigenvalue weighted by molar-refractivity contribution is -0.137. The lowest BCUT2D eigenvalue weighted by Crippen LogP contribution is -2.25. The van der Waals surface area contributed by atoms with E-state index in [-0.39, 0.29) is 12.5 Å². The molecule has 0 aliphatic rings. The molecule has 0 unspecified atom stereocenters. The normalized spacial score (nSPS) is 11.2. The number of nitrogens with zero attached hydrogens (tertiary/aromatic N) is 1. The molecule has 0 bridgehead atoms. The van der Waals surface area contributed by atoms with E-state index in [4.69, 9.17) is 9.47 Å². The van der Waals surface area contributed by atoms with E-state index in [0.717, 1.165) is 29.0 Å². The Balaban J connectivity index is 1.27. The highest BCUT2D eigenvalue weighted by molar-refractivity contribution is 7.13. The van der Waals surface area contributed by atoms with Gasteiger partial charge in [0.15, 0.2) is 0 Å². The number of ether oxygens (including phenoxy) is 2. The van der Waals surface area contributed by atoms with Gasteiger partial charge in [0, 0.05) is 17.5 Å². The number of benzene rings is 3. The summed E-state index contributed by atoms with van der Waals surface area (Å²) in [5, 5.41) is 5.30. The fourth-order valence-electron chi connectivity index (χ4n) is 3.36. The van der Waals surface area contributed by atoms with E-state index in [0.29, 0.717) is 35.0 Å². The number of aromatic nitrogens is 1. The minimum atomic E-state index is -4.36. The zero-order valence-corrected chi connectivity index (χ0v) is 20.2. The molecule has 0 aliphatic carbocycles. The van der Waals surface area contributed by atoms with Crippen LogP contribution in [0.25, 0.3) is 10.6 Å². The highest BCUT2D eigenvalue weighted by Crippen LogP contribution is 2.29. The van der Waals surface area contributed by atoms with E-state index in [2.05, 4.69) is 10.3 Å². The molecule has 0 aliphatic heterocycles. The second kappa shape index (κ2) is 11.3. The lowest BCUT2D eigenvalue weighted by Gasteiger charge is -2.09. The van der Waals surface area contributed by atoms with Crippen molar-refractivity contribution in [2.45, 2.75) is 19.2 Å². The third kappa shape index (κ3) is 6.63. The summed E-state index contributed by atoms with van der Waals surface area (Å²) >= 11 is 1.37. The third-order valence-corrected chi connectivity index (χ3v) is 6.27. The summed E-state index contributed by atoms with van der Waals surface area (Å²) in [6, 6.07) is 19.7. The Hall–Kier alpha value is -3.85. The van der Waals surface area contributed by atoms with Crippen molar-refractivity contribution < 1.29 is 27.4 Å². The maximum Gasteiger partial charge on any atom is 0.416 e. The number of rotatable bonds is 9. The van der Waals surface area contributed by atoms with Gasteiger partial charge in [-0.05, 0) is 66.1 Å². The molecule has 1 amide bonds. The standard InChI is InChI=1S/C27H23F3N2O3S/c1-34-22-10-4-18(5-11-22)14-15-31-25(33)24-17-36-26(32-24)20-6-12-23(13-7-20)35-16-19-2-8-21(9-3-19)27(28,29)30/h2-13,17H,14-16H2,1H3,(H,31,33). The molecule has 36 heavy (non-hydrogen) atoms. The van der Waals surface area contributed by atoms with Gasteiger partial charge in [0.05, 0.1) is 12.7 Å². The number of hydrogen-bond acceptors (Lipinski definition) is 5. The fourth-order valence-corrected chi connectivity index (χ4v) is 4.17. The van der Waals surface area contributed by atoms with Gasteiger partial charge in [-0.2, -0.15) is 13.2 Å². The van der Waals surface area contributed by atoms with E-state index < -0.39 is 11.7 Å². The number of alkyl halides is 3. The summed E-state index contributed by atoms with van der Waals surface area (Å²) < 4.78 is 48.8. The average molecular weight is 513 g/mol. The van der Waals surface area contributed by atoms with Crippen LogP contribution >= 0.6 is 11.3 Å². The van der Waals surface area contributed by atoms with Crippen LogP contribution in [0.2, 0.25) is 0 Å². The SMILES string of the molecule is COc1ccc(CCNC(=O)c2csc(-c3ccc(OCc4ccc(C(F)(F)F)cc4)cc3)n2)cc1. The molecule has 4 rings (SSSR count). The van der Waals surface area contributed by atoms with Crippen molar-refractivity contribution in [2.24, 2.45) is 0 Å². The van der Waals surface area contributed by atoms with Crippen LogP contribution in [-0.4, -0.2) is 24.5 Å². The Labute approximate surface area is 210 Å². The molecule has 4 aromatic rings. The van der Waals surface area contributed by atoms with E-state index in [1.54, 1.807) is 24.6 Å². The van der Waals surface area contributed by atoms with Crippen LogP contribution in [0.4, 0.5) is 13.2 Å². The second-order valence-corrected chi connectivity index (χ2v) is 8.76. The van der Waals surface area contributed by atoms with Crippen molar-refractivity contribution in [1.82, 2.24) is 10.3 Å². The Bertz CT molecular complexity index is 1290. The maximum absolute atomic E-state index is 12.7. The molecule has 0 atom stereocenters. The van der Waals surface area contributed by atoms with Crippen LogP contribution < -0.4 is 14.8 Å². The first kappa shape index (κ1) is 25.2. The summed E-state index contributed by atoms with van der Waals surface area (Å²) in [7, 11) is 1.62. The molecule has 9 heteroatoms. The van der Waals surface area contributed by atoms with Crippen LogP contribution in [0, 0.1) is 0 Å². The van der Waals surface area contributed by atoms with E-state index in [1.165, 1.54) is 23.5 Å². The van der Waals surface area contributed by atoms with Crippen molar-refractivity contribution in [3.05, 3.63) is 101 Å². The van der Waals surface area contributed by atoms with Gasteiger partial charge in [0.25, 0.3) is 5.91 Å². The molecule has 1 heterocycles. The molecule has 3 aromatic carbocycles. The smallest absolute Gasteiger partial charge is 0.416 e. The first-order chi connectivity index (χ1) is 17.3. The number of amides is 1. The summed E-state index contributed by atoms with van der Waals surface area (Å²) in [6.45, 7) is 0.637. The summed E-state index contributed by atoms with van der Waals surface area (Å²) in [5.74, 6) is 1.13. The number of carbonyl (C=O) groups excluding carboxylic acids is 1. The Morgan fingerprint density at radius 3 is 2.19 bits per heavy atom. The van der Waals surface area contributed by atoms with Gasteiger partial charge >= 0.3 is 6.18 Å². The highest BCUT2D eigenvalue weighted by Gasteiger charge is 2.29. The Morgan fingerprint density at radius 1 is 0.917 bits per heavy atom. The van der Waals surface area contributed by atoms with Crippen molar-refractivity contribution in [3.8, 4) is 22.1 Å². The second-order valence-electron chi connectivity index (χ2n) is 7.90. The molecule has 1 aromatic heterocycles. The molecule has 1 N–H and O–H groups in total. The zero-order chi connectivity index (χ0) is 25.5. The predicted octanol–water partition coefficient (Wildman–Crippen LogP) is 6.39. The molecular weight excluding hydrogens is 489 g/mol. The number of carbonyl (C=O) groups is 1. The topological polar surface area (TPSA) is 60.5 Å². The van der Waals surface area contributed by atoms with Crippen molar-refractivity contribution in [1.29, 1.82) is 0 Å². The first-order valence-electron chi connectivity index (χ1n) is 11.1. The van der Waals surface area contributed by atoms with E-state index >= 15 is 0 Å². The third-order valence-electron chi connectivity index (χ3n) is 5.38. The Morgan fingerprint density at radius 2 is 1.56 bits per heavy atom. The van der Waals surface area contributed by atoms with Crippen LogP contribution in [0.1, 0.15) is 27.2 Å². The zero-order valence-electron chi connectivity index (χ0n) is 19.3. The van der Waals surface area contributed by atoms with Crippen LogP contribution in [0.15, 0.2) is 78.2 Å². The highest BCUT2D eigenvalue weighted by atomic mass is 32.1. The van der Waals surface area contributed by atoms with Gasteiger partial charge in [0.2, 0.25) is 0 Å². The van der Waals surface area contributed by atoms with Gasteiger partial charge in [0.1, 0.15) is 28.8 Å². The van der Waals surface area contributed by atoms with E-state index in [1.807, 2.05) is 36.4 Å². The van der Waals surface area contributed by atoms with Crippen LogP contribution in [-0.2, 0) is 19.2 Å². The molecule has 0 saturated heterocycles. The number of hydrogen-bond donors (Lipinski definition) is 1. The van der Waals surface area contributed by atoms with Crippen molar-refractivity contribution in [3.63, 3.8) is 0 Å². The Kier molecular flexibility index (Phi) is 7.90.